The number of rotatable bonds is 9. The number of halogens is 1. The number of nitrogens with two attached hydrogens (primary N) is 1. The van der Waals surface area contributed by atoms with Crippen LogP contribution in [0.5, 0.6) is 0 Å². The Labute approximate surface area is 262 Å². The second kappa shape index (κ2) is 13.9. The molecule has 0 bridgehead atoms. The van der Waals surface area contributed by atoms with Crippen molar-refractivity contribution in [1.82, 2.24) is 14.8 Å². The minimum absolute atomic E-state index is 0. The molecule has 0 saturated heterocycles. The van der Waals surface area contributed by atoms with Crippen LogP contribution in [0.1, 0.15) is 78.3 Å². The average Bonchev–Trinajstić information content (AvgIpc) is 3.35. The molecule has 2 aliphatic rings. The van der Waals surface area contributed by atoms with E-state index in [1.54, 1.807) is 18.4 Å². The van der Waals surface area contributed by atoms with Crippen LogP contribution < -0.4 is 5.14 Å². The predicted molar refractivity (Wildman–Crippen MR) is 169 cm³/mol. The first-order valence-electron chi connectivity index (χ1n) is 14.8. The van der Waals surface area contributed by atoms with E-state index in [2.05, 4.69) is 22.9 Å². The van der Waals surface area contributed by atoms with E-state index in [-0.39, 0.29) is 22.7 Å². The van der Waals surface area contributed by atoms with Gasteiger partial charge in [0.2, 0.25) is 10.0 Å². The van der Waals surface area contributed by atoms with Gasteiger partial charge in [-0.25, -0.2) is 18.9 Å². The van der Waals surface area contributed by atoms with Crippen molar-refractivity contribution in [2.45, 2.75) is 63.2 Å². The quantitative estimate of drug-likeness (QED) is 0.102. The first-order chi connectivity index (χ1) is 20.9. The normalized spacial score (nSPS) is 15.3. The highest BCUT2D eigenvalue weighted by Crippen LogP contribution is 2.38. The Morgan fingerprint density at radius 2 is 1.98 bits per heavy atom. The van der Waals surface area contributed by atoms with E-state index in [0.717, 1.165) is 65.7 Å². The number of nitrogens with zero attached hydrogens (tertiary/aromatic N) is 3. The molecule has 0 radical (unpaired) electrons. The standard InChI is InChI=1S/C33H33FN4O3S2.H2O/c1-2-41-32(39)28-20-42-33(36-28)38-29(19-23-12-13-23)26(17-24-14-15-30(43(35)40)27(34)18-24)31(37-38)25-9-5-8-22(16-25)11-10-21-6-3-4-7-21;/h5,8-9,14-16,18,20-21,23H,2-4,6-7,12-13,17,19H2,1H3,(H2,35,40);1H2. The number of benzene rings is 2. The first-order valence-corrected chi connectivity index (χ1v) is 17.0. The zero-order valence-corrected chi connectivity index (χ0v) is 26.2. The van der Waals surface area contributed by atoms with Gasteiger partial charge in [0.05, 0.1) is 18.0 Å². The lowest BCUT2D eigenvalue weighted by Crippen LogP contribution is -2.08. The molecular formula is C33H35FN4O4S2. The van der Waals surface area contributed by atoms with Crippen LogP contribution in [-0.2, 0) is 32.8 Å². The lowest BCUT2D eigenvalue weighted by atomic mass is 9.96. The van der Waals surface area contributed by atoms with Crippen molar-refractivity contribution >= 4 is 28.3 Å². The molecule has 2 fully saturated rings. The second-order valence-electron chi connectivity index (χ2n) is 11.2. The van der Waals surface area contributed by atoms with Crippen LogP contribution in [0.4, 0.5) is 4.39 Å². The topological polar surface area (TPSA) is 130 Å². The highest BCUT2D eigenvalue weighted by Gasteiger charge is 2.30. The number of esters is 1. The summed E-state index contributed by atoms with van der Waals surface area (Å²) in [7, 11) is -2.28. The van der Waals surface area contributed by atoms with Crippen LogP contribution in [-0.4, -0.2) is 32.8 Å². The molecule has 2 saturated carbocycles. The molecule has 44 heavy (non-hydrogen) atoms. The maximum absolute atomic E-state index is 14.9. The summed E-state index contributed by atoms with van der Waals surface area (Å²) in [5.74, 6) is 6.75. The van der Waals surface area contributed by atoms with E-state index in [0.29, 0.717) is 23.4 Å². The van der Waals surface area contributed by atoms with Gasteiger partial charge in [-0.05, 0) is 74.8 Å². The van der Waals surface area contributed by atoms with Gasteiger partial charge in [-0.2, -0.15) is 5.10 Å². The summed E-state index contributed by atoms with van der Waals surface area (Å²) in [6.07, 6.45) is 8.24. The summed E-state index contributed by atoms with van der Waals surface area (Å²) in [6, 6.07) is 12.8. The summed E-state index contributed by atoms with van der Waals surface area (Å²) in [5, 5.41) is 12.9. The van der Waals surface area contributed by atoms with Crippen molar-refractivity contribution in [2.75, 3.05) is 6.61 Å². The number of hydrogen-bond acceptors (Lipinski definition) is 7. The zero-order valence-electron chi connectivity index (χ0n) is 24.5. The van der Waals surface area contributed by atoms with Gasteiger partial charge in [-0.15, -0.1) is 16.5 Å². The molecule has 1 atom stereocenters. The van der Waals surface area contributed by atoms with Gasteiger partial charge < -0.3 is 10.2 Å². The zero-order chi connectivity index (χ0) is 29.9. The van der Waals surface area contributed by atoms with Gasteiger partial charge in [0, 0.05) is 34.4 Å². The van der Waals surface area contributed by atoms with Gasteiger partial charge in [-0.1, -0.05) is 47.1 Å². The summed E-state index contributed by atoms with van der Waals surface area (Å²) in [4.78, 5) is 17.0. The third-order valence-electron chi connectivity index (χ3n) is 7.97. The van der Waals surface area contributed by atoms with Crippen LogP contribution in [0, 0.1) is 29.5 Å². The van der Waals surface area contributed by atoms with Crippen LogP contribution in [0.15, 0.2) is 52.7 Å². The molecule has 6 rings (SSSR count). The molecule has 2 aliphatic carbocycles. The third kappa shape index (κ3) is 7.16. The van der Waals surface area contributed by atoms with Crippen molar-refractivity contribution in [3.63, 3.8) is 0 Å². The smallest absolute Gasteiger partial charge is 0.357 e. The van der Waals surface area contributed by atoms with Crippen LogP contribution in [0.3, 0.4) is 0 Å². The maximum atomic E-state index is 14.9. The molecule has 3 N–H and O–H groups in total. The monoisotopic (exact) mass is 634 g/mol. The first kappa shape index (κ1) is 31.7. The number of ether oxygens (including phenoxy) is 1. The molecule has 2 aromatic heterocycles. The number of aromatic nitrogens is 3. The van der Waals surface area contributed by atoms with Crippen LogP contribution >= 0.6 is 11.3 Å². The maximum Gasteiger partial charge on any atom is 0.357 e. The Bertz CT molecular complexity index is 1750. The fraction of sp³-hybridized carbons (Fsp3) is 0.364. The minimum Gasteiger partial charge on any atom is -0.870 e. The largest absolute Gasteiger partial charge is 0.870 e. The Balaban J connectivity index is 0.00000384. The lowest BCUT2D eigenvalue weighted by Gasteiger charge is -2.09. The molecular weight excluding hydrogens is 600 g/mol. The molecule has 11 heteroatoms. The molecule has 0 spiro atoms. The van der Waals surface area contributed by atoms with Crippen molar-refractivity contribution in [3.05, 3.63) is 81.7 Å². The van der Waals surface area contributed by atoms with Gasteiger partial charge in [0.25, 0.3) is 0 Å². The van der Waals surface area contributed by atoms with Crippen molar-refractivity contribution in [2.24, 2.45) is 17.0 Å². The van der Waals surface area contributed by atoms with Crippen molar-refractivity contribution in [3.8, 4) is 28.2 Å². The van der Waals surface area contributed by atoms with Gasteiger partial charge in [0.1, 0.15) is 0 Å². The number of hydrogen-bond donors (Lipinski definition) is 1. The molecule has 1 unspecified atom stereocenters. The Morgan fingerprint density at radius 3 is 2.68 bits per heavy atom. The van der Waals surface area contributed by atoms with E-state index >= 15 is 0 Å². The summed E-state index contributed by atoms with van der Waals surface area (Å²) in [5.41, 5.74) is 5.52. The van der Waals surface area contributed by atoms with Crippen LogP contribution in [0.2, 0.25) is 0 Å². The van der Waals surface area contributed by atoms with Gasteiger partial charge >= 0.3 is 5.97 Å². The Hall–Kier alpha value is -3.69. The number of carbonyl (C=O) groups is 1. The average molecular weight is 635 g/mol. The fourth-order valence-corrected chi connectivity index (χ4v) is 6.83. The Kier molecular flexibility index (Phi) is 10.1. The lowest BCUT2D eigenvalue weighted by molar-refractivity contribution is 0.0520. The minimum atomic E-state index is -2.28. The Morgan fingerprint density at radius 1 is 1.18 bits per heavy atom. The predicted octanol–water partition coefficient (Wildman–Crippen LogP) is 6.15. The highest BCUT2D eigenvalue weighted by atomic mass is 32.2. The number of thiol groups is 1. The fourth-order valence-electron chi connectivity index (χ4n) is 5.57. The van der Waals surface area contributed by atoms with Crippen molar-refractivity contribution < 1.29 is 23.6 Å². The van der Waals surface area contributed by atoms with Crippen molar-refractivity contribution in [1.29, 1.82) is 0 Å². The molecule has 2 heterocycles. The van der Waals surface area contributed by atoms with Crippen LogP contribution in [0.25, 0.3) is 16.4 Å². The molecule has 0 amide bonds. The number of thiazole rings is 1. The summed E-state index contributed by atoms with van der Waals surface area (Å²) >= 11 is 1.33. The van der Waals surface area contributed by atoms with E-state index in [1.807, 2.05) is 22.9 Å². The second-order valence-corrected chi connectivity index (χ2v) is 13.2. The van der Waals surface area contributed by atoms with E-state index in [4.69, 9.17) is 15.0 Å². The molecule has 0 aliphatic heterocycles. The van der Waals surface area contributed by atoms with Gasteiger partial charge in [0.15, 0.2) is 22.5 Å². The summed E-state index contributed by atoms with van der Waals surface area (Å²) < 4.78 is 33.7. The summed E-state index contributed by atoms with van der Waals surface area (Å²) in [6.45, 7) is 2.03. The highest BCUT2D eigenvalue weighted by molar-refractivity contribution is 7.82. The van der Waals surface area contributed by atoms with E-state index in [9.17, 15) is 13.4 Å². The molecule has 4 aromatic rings. The third-order valence-corrected chi connectivity index (χ3v) is 9.62. The van der Waals surface area contributed by atoms with E-state index in [1.165, 1.54) is 36.3 Å². The van der Waals surface area contributed by atoms with Gasteiger partial charge in [-0.3, -0.25) is 0 Å². The molecule has 2 aromatic carbocycles. The molecule has 8 nitrogen and oxygen atoms in total. The number of carbonyl (C=O) groups excluding carboxylic acids is 1. The van der Waals surface area contributed by atoms with E-state index < -0.39 is 22.8 Å². The molecule has 230 valence electrons. The SMILES string of the molecule is CCOC(=O)c1csc(-n2nc(-c3cccc(C#CC4CCCC4)c3)c(Cc3ccc([SH+](N)=O)c(F)c3)c2CC2CC2)n1.[OH-].